The average Bonchev–Trinajstić information content (AvgIpc) is 3.08. The molecule has 1 aliphatic heterocycles. The SMILES string of the molecule is C=C1C[C@@](C)(C(CC)CCCC)N=C(N)N1C.CC(=O)C1CCCC1. The molecule has 2 N–H and O–H groups in total. The summed E-state index contributed by atoms with van der Waals surface area (Å²) in [5.74, 6) is 2.03. The summed E-state index contributed by atoms with van der Waals surface area (Å²) in [6, 6.07) is 0. The van der Waals surface area contributed by atoms with Gasteiger partial charge in [-0.2, -0.15) is 0 Å². The predicted octanol–water partition coefficient (Wildman–Crippen LogP) is 4.89. The second-order valence-corrected chi connectivity index (χ2v) is 7.97. The maximum Gasteiger partial charge on any atom is 0.195 e. The number of unbranched alkanes of at least 4 members (excludes halogenated alkanes) is 1. The van der Waals surface area contributed by atoms with Gasteiger partial charge in [0.05, 0.1) is 5.54 Å². The van der Waals surface area contributed by atoms with E-state index in [1.165, 1.54) is 32.1 Å². The van der Waals surface area contributed by atoms with E-state index >= 15 is 0 Å². The van der Waals surface area contributed by atoms with E-state index in [1.54, 1.807) is 6.92 Å². The number of nitrogens with two attached hydrogens (primary N) is 1. The van der Waals surface area contributed by atoms with Gasteiger partial charge < -0.3 is 10.6 Å². The van der Waals surface area contributed by atoms with Crippen molar-refractivity contribution in [2.24, 2.45) is 22.6 Å². The first-order valence-electron chi connectivity index (χ1n) is 10.0. The lowest BCUT2D eigenvalue weighted by Gasteiger charge is -2.41. The van der Waals surface area contributed by atoms with Gasteiger partial charge in [0.2, 0.25) is 0 Å². The molecule has 1 heterocycles. The van der Waals surface area contributed by atoms with Crippen LogP contribution < -0.4 is 5.73 Å². The molecule has 25 heavy (non-hydrogen) atoms. The second kappa shape index (κ2) is 9.98. The highest BCUT2D eigenvalue weighted by atomic mass is 16.1. The average molecular weight is 350 g/mol. The fourth-order valence-corrected chi connectivity index (χ4v) is 4.04. The molecule has 2 atom stereocenters. The van der Waals surface area contributed by atoms with Crippen LogP contribution in [0.2, 0.25) is 0 Å². The molecular weight excluding hydrogens is 310 g/mol. The van der Waals surface area contributed by atoms with Gasteiger partial charge in [-0.25, -0.2) is 4.99 Å². The van der Waals surface area contributed by atoms with Crippen LogP contribution in [-0.2, 0) is 4.79 Å². The molecule has 2 rings (SSSR count). The van der Waals surface area contributed by atoms with Crippen LogP contribution in [0.15, 0.2) is 17.3 Å². The quantitative estimate of drug-likeness (QED) is 0.742. The maximum absolute atomic E-state index is 10.6. The number of hydrogen-bond donors (Lipinski definition) is 1. The van der Waals surface area contributed by atoms with Crippen molar-refractivity contribution in [3.05, 3.63) is 12.3 Å². The summed E-state index contributed by atoms with van der Waals surface area (Å²) in [5, 5.41) is 0. The monoisotopic (exact) mass is 349 g/mol. The molecule has 2 aliphatic rings. The van der Waals surface area contributed by atoms with Gasteiger partial charge in [0.1, 0.15) is 5.78 Å². The third-order valence-electron chi connectivity index (χ3n) is 5.96. The standard InChI is InChI=1S/C14H27N3.C7H12O/c1-6-8-9-12(7-2)14(4)10-11(3)17(5)13(15)16-14;1-6(8)7-4-2-3-5-7/h12H,3,6-10H2,1-2,4-5H3,(H2,15,16);7H,2-5H2,1H3/t12?,14-;/m0./s1. The van der Waals surface area contributed by atoms with Crippen molar-refractivity contribution in [3.8, 4) is 0 Å². The predicted molar refractivity (Wildman–Crippen MR) is 107 cm³/mol. The van der Waals surface area contributed by atoms with E-state index in [2.05, 4.69) is 27.4 Å². The van der Waals surface area contributed by atoms with Crippen LogP contribution in [0, 0.1) is 11.8 Å². The molecule has 1 saturated carbocycles. The second-order valence-electron chi connectivity index (χ2n) is 7.97. The summed E-state index contributed by atoms with van der Waals surface area (Å²) in [5.41, 5.74) is 7.00. The van der Waals surface area contributed by atoms with E-state index < -0.39 is 0 Å². The number of ketones is 1. The lowest BCUT2D eigenvalue weighted by Crippen LogP contribution is -2.46. The number of Topliss-reactive ketones (excluding diaryl/α,β-unsaturated/α-hetero) is 1. The van der Waals surface area contributed by atoms with Gasteiger partial charge in [0, 0.05) is 25.1 Å². The molecule has 4 heteroatoms. The number of guanidine groups is 1. The van der Waals surface area contributed by atoms with Crippen LogP contribution in [0.5, 0.6) is 0 Å². The van der Waals surface area contributed by atoms with Gasteiger partial charge >= 0.3 is 0 Å². The minimum Gasteiger partial charge on any atom is -0.370 e. The first-order valence-corrected chi connectivity index (χ1v) is 10.0. The molecule has 144 valence electrons. The maximum atomic E-state index is 10.6. The Balaban J connectivity index is 0.000000324. The van der Waals surface area contributed by atoms with Crippen molar-refractivity contribution in [1.82, 2.24) is 4.90 Å². The summed E-state index contributed by atoms with van der Waals surface area (Å²) in [6.07, 6.45) is 10.7. The highest BCUT2D eigenvalue weighted by Crippen LogP contribution is 2.37. The summed E-state index contributed by atoms with van der Waals surface area (Å²) >= 11 is 0. The highest BCUT2D eigenvalue weighted by Gasteiger charge is 2.37. The van der Waals surface area contributed by atoms with Gasteiger partial charge in [-0.3, -0.25) is 4.79 Å². The first kappa shape index (κ1) is 21.7. The molecule has 0 saturated heterocycles. The molecule has 0 aromatic carbocycles. The molecule has 0 aromatic heterocycles. The molecule has 0 radical (unpaired) electrons. The Morgan fingerprint density at radius 1 is 1.40 bits per heavy atom. The largest absolute Gasteiger partial charge is 0.370 e. The normalized spacial score (nSPS) is 25.2. The number of carbonyl (C=O) groups is 1. The lowest BCUT2D eigenvalue weighted by molar-refractivity contribution is -0.120. The number of aliphatic imine (C=N–C) groups is 1. The summed E-state index contributed by atoms with van der Waals surface area (Å²) in [6.45, 7) is 12.5. The van der Waals surface area contributed by atoms with Crippen LogP contribution in [0.25, 0.3) is 0 Å². The van der Waals surface area contributed by atoms with E-state index in [0.717, 1.165) is 31.4 Å². The molecule has 1 aliphatic carbocycles. The van der Waals surface area contributed by atoms with Crippen molar-refractivity contribution >= 4 is 11.7 Å². The topological polar surface area (TPSA) is 58.7 Å². The summed E-state index contributed by atoms with van der Waals surface area (Å²) < 4.78 is 0. The third-order valence-corrected chi connectivity index (χ3v) is 5.96. The van der Waals surface area contributed by atoms with Crippen molar-refractivity contribution in [2.45, 2.75) is 91.0 Å². The van der Waals surface area contributed by atoms with Crippen molar-refractivity contribution in [1.29, 1.82) is 0 Å². The molecule has 0 bridgehead atoms. The molecule has 1 unspecified atom stereocenters. The Morgan fingerprint density at radius 3 is 2.40 bits per heavy atom. The minimum absolute atomic E-state index is 0.0579. The van der Waals surface area contributed by atoms with Gasteiger partial charge in [-0.1, -0.05) is 52.5 Å². The molecule has 0 aromatic rings. The zero-order valence-electron chi connectivity index (χ0n) is 17.1. The smallest absolute Gasteiger partial charge is 0.195 e. The molecule has 0 amide bonds. The van der Waals surface area contributed by atoms with E-state index in [0.29, 0.717) is 23.6 Å². The number of nitrogens with zero attached hydrogens (tertiary/aromatic N) is 2. The molecule has 1 fully saturated rings. The Labute approximate surface area is 154 Å². The van der Waals surface area contributed by atoms with E-state index in [9.17, 15) is 4.79 Å². The number of rotatable bonds is 6. The molecule has 4 nitrogen and oxygen atoms in total. The van der Waals surface area contributed by atoms with Crippen molar-refractivity contribution in [3.63, 3.8) is 0 Å². The first-order chi connectivity index (χ1) is 11.7. The fraction of sp³-hybridized carbons (Fsp3) is 0.810. The van der Waals surface area contributed by atoms with Crippen LogP contribution in [-0.4, -0.2) is 29.2 Å². The van der Waals surface area contributed by atoms with Gasteiger partial charge in [0.15, 0.2) is 5.96 Å². The Bertz CT molecular complexity index is 480. The van der Waals surface area contributed by atoms with Crippen molar-refractivity contribution < 1.29 is 4.79 Å². The van der Waals surface area contributed by atoms with Crippen LogP contribution in [0.4, 0.5) is 0 Å². The van der Waals surface area contributed by atoms with E-state index in [4.69, 9.17) is 10.7 Å². The molecular formula is C21H39N3O. The number of carbonyl (C=O) groups excluding carboxylic acids is 1. The number of hydrogen-bond acceptors (Lipinski definition) is 4. The zero-order chi connectivity index (χ0) is 19.0. The third kappa shape index (κ3) is 6.16. The molecule has 0 spiro atoms. The fourth-order valence-electron chi connectivity index (χ4n) is 4.04. The Morgan fingerprint density at radius 2 is 2.00 bits per heavy atom. The Hall–Kier alpha value is -1.32. The van der Waals surface area contributed by atoms with E-state index in [1.807, 2.05) is 11.9 Å². The summed E-state index contributed by atoms with van der Waals surface area (Å²) in [7, 11) is 1.94. The van der Waals surface area contributed by atoms with Gasteiger partial charge in [-0.15, -0.1) is 0 Å². The lowest BCUT2D eigenvalue weighted by atomic mass is 9.77. The van der Waals surface area contributed by atoms with Crippen LogP contribution in [0.3, 0.4) is 0 Å². The van der Waals surface area contributed by atoms with Crippen LogP contribution in [0.1, 0.15) is 85.5 Å². The van der Waals surface area contributed by atoms with Gasteiger partial charge in [-0.05, 0) is 39.0 Å². The van der Waals surface area contributed by atoms with Crippen LogP contribution >= 0.6 is 0 Å². The highest BCUT2D eigenvalue weighted by molar-refractivity contribution is 5.81. The Kier molecular flexibility index (Phi) is 8.67. The van der Waals surface area contributed by atoms with E-state index in [-0.39, 0.29) is 5.54 Å². The van der Waals surface area contributed by atoms with Gasteiger partial charge in [0.25, 0.3) is 0 Å². The summed E-state index contributed by atoms with van der Waals surface area (Å²) in [4.78, 5) is 17.3. The minimum atomic E-state index is -0.0579. The zero-order valence-corrected chi connectivity index (χ0v) is 17.1. The van der Waals surface area contributed by atoms with Crippen molar-refractivity contribution in [2.75, 3.05) is 7.05 Å².